The Labute approximate surface area is 172 Å². The van der Waals surface area contributed by atoms with Gasteiger partial charge in [-0.15, -0.1) is 12.4 Å². The fourth-order valence-corrected chi connectivity index (χ4v) is 3.48. The van der Waals surface area contributed by atoms with Gasteiger partial charge in [0.15, 0.2) is 0 Å². The second-order valence-electron chi connectivity index (χ2n) is 7.34. The molecular weight excluding hydrogens is 374 g/mol. The van der Waals surface area contributed by atoms with Crippen LogP contribution in [0.15, 0.2) is 54.6 Å². The van der Waals surface area contributed by atoms with Crippen molar-refractivity contribution < 1.29 is 9.59 Å². The molecule has 2 aromatic carbocycles. The zero-order valence-corrected chi connectivity index (χ0v) is 17.2. The number of hydrogen-bond donors (Lipinski definition) is 1. The van der Waals surface area contributed by atoms with E-state index >= 15 is 0 Å². The number of rotatable bonds is 4. The van der Waals surface area contributed by atoms with E-state index in [1.165, 1.54) is 0 Å². The fourth-order valence-electron chi connectivity index (χ4n) is 3.48. The molecule has 2 aromatic rings. The van der Waals surface area contributed by atoms with Crippen molar-refractivity contribution in [1.82, 2.24) is 9.80 Å². The van der Waals surface area contributed by atoms with Crippen molar-refractivity contribution in [3.05, 3.63) is 71.3 Å². The molecule has 6 heteroatoms. The first-order valence-electron chi connectivity index (χ1n) is 9.35. The van der Waals surface area contributed by atoms with Crippen molar-refractivity contribution in [2.45, 2.75) is 25.8 Å². The molecule has 1 saturated heterocycles. The highest BCUT2D eigenvalue weighted by Crippen LogP contribution is 2.21. The van der Waals surface area contributed by atoms with E-state index in [1.807, 2.05) is 66.4 Å². The van der Waals surface area contributed by atoms with Gasteiger partial charge in [0.05, 0.1) is 6.42 Å². The number of hydrogen-bond acceptors (Lipinski definition) is 3. The molecule has 1 unspecified atom stereocenters. The maximum absolute atomic E-state index is 12.9. The molecule has 0 aliphatic carbocycles. The third kappa shape index (κ3) is 4.72. The summed E-state index contributed by atoms with van der Waals surface area (Å²) in [7, 11) is 0. The topological polar surface area (TPSA) is 66.6 Å². The highest BCUT2D eigenvalue weighted by Gasteiger charge is 2.36. The molecule has 0 spiro atoms. The third-order valence-corrected chi connectivity index (χ3v) is 5.34. The van der Waals surface area contributed by atoms with Crippen LogP contribution >= 0.6 is 12.4 Å². The molecule has 0 saturated carbocycles. The van der Waals surface area contributed by atoms with E-state index in [-0.39, 0.29) is 24.2 Å². The van der Waals surface area contributed by atoms with Crippen LogP contribution in [0.2, 0.25) is 0 Å². The molecule has 3 rings (SSSR count). The maximum Gasteiger partial charge on any atom is 0.247 e. The van der Waals surface area contributed by atoms with Crippen LogP contribution in [0.5, 0.6) is 0 Å². The lowest BCUT2D eigenvalue weighted by Crippen LogP contribution is -2.57. The molecule has 1 heterocycles. The highest BCUT2D eigenvalue weighted by molar-refractivity contribution is 5.87. The van der Waals surface area contributed by atoms with Gasteiger partial charge in [-0.05, 0) is 30.5 Å². The Morgan fingerprint density at radius 1 is 0.929 bits per heavy atom. The van der Waals surface area contributed by atoms with Gasteiger partial charge in [0.1, 0.15) is 5.54 Å². The molecule has 1 aliphatic heterocycles. The van der Waals surface area contributed by atoms with Crippen LogP contribution in [0, 0.1) is 6.92 Å². The lowest BCUT2D eigenvalue weighted by molar-refractivity contribution is -0.142. The van der Waals surface area contributed by atoms with Gasteiger partial charge in [0.25, 0.3) is 0 Å². The fraction of sp³-hybridized carbons (Fsp3) is 0.364. The van der Waals surface area contributed by atoms with Crippen molar-refractivity contribution in [3.8, 4) is 0 Å². The minimum absolute atomic E-state index is 0. The average Bonchev–Trinajstić information content (AvgIpc) is 2.70. The summed E-state index contributed by atoms with van der Waals surface area (Å²) in [6.45, 7) is 5.88. The average molecular weight is 402 g/mol. The molecule has 0 bridgehead atoms. The molecule has 0 aromatic heterocycles. The van der Waals surface area contributed by atoms with Crippen molar-refractivity contribution in [2.24, 2.45) is 5.73 Å². The highest BCUT2D eigenvalue weighted by atomic mass is 35.5. The summed E-state index contributed by atoms with van der Waals surface area (Å²) in [6, 6.07) is 17.4. The summed E-state index contributed by atoms with van der Waals surface area (Å²) in [5.41, 5.74) is 8.27. The van der Waals surface area contributed by atoms with Gasteiger partial charge in [-0.2, -0.15) is 0 Å². The van der Waals surface area contributed by atoms with Gasteiger partial charge in [0, 0.05) is 26.2 Å². The van der Waals surface area contributed by atoms with Crippen molar-refractivity contribution in [1.29, 1.82) is 0 Å². The zero-order valence-electron chi connectivity index (χ0n) is 16.4. The van der Waals surface area contributed by atoms with Crippen LogP contribution in [0.25, 0.3) is 0 Å². The largest absolute Gasteiger partial charge is 0.339 e. The van der Waals surface area contributed by atoms with Crippen LogP contribution in [0.1, 0.15) is 23.6 Å². The normalized spacial score (nSPS) is 16.1. The Bertz CT molecular complexity index is 816. The van der Waals surface area contributed by atoms with E-state index in [0.29, 0.717) is 32.6 Å². The van der Waals surface area contributed by atoms with E-state index in [4.69, 9.17) is 5.73 Å². The van der Waals surface area contributed by atoms with Gasteiger partial charge in [-0.25, -0.2) is 0 Å². The summed E-state index contributed by atoms with van der Waals surface area (Å²) < 4.78 is 0. The van der Waals surface area contributed by atoms with Gasteiger partial charge in [0.2, 0.25) is 11.8 Å². The van der Waals surface area contributed by atoms with Crippen molar-refractivity contribution >= 4 is 24.2 Å². The van der Waals surface area contributed by atoms with Gasteiger partial charge in [-0.3, -0.25) is 9.59 Å². The predicted molar refractivity (Wildman–Crippen MR) is 113 cm³/mol. The number of aryl methyl sites for hydroxylation is 1. The molecular formula is C22H28ClN3O2. The van der Waals surface area contributed by atoms with Crippen LogP contribution in [-0.2, 0) is 21.5 Å². The van der Waals surface area contributed by atoms with E-state index < -0.39 is 5.54 Å². The second kappa shape index (κ2) is 9.22. The van der Waals surface area contributed by atoms with Gasteiger partial charge < -0.3 is 15.5 Å². The summed E-state index contributed by atoms with van der Waals surface area (Å²) >= 11 is 0. The molecule has 1 fully saturated rings. The van der Waals surface area contributed by atoms with E-state index in [2.05, 4.69) is 0 Å². The Balaban J connectivity index is 0.00000280. The quantitative estimate of drug-likeness (QED) is 0.855. The van der Waals surface area contributed by atoms with Gasteiger partial charge >= 0.3 is 0 Å². The first kappa shape index (κ1) is 21.9. The SMILES string of the molecule is Cc1ccccc1CC(=O)N1CCN(C(=O)C(C)(N)c2ccccc2)CC1.Cl. The number of halogens is 1. The molecule has 150 valence electrons. The van der Waals surface area contributed by atoms with Crippen LogP contribution in [0.4, 0.5) is 0 Å². The smallest absolute Gasteiger partial charge is 0.247 e. The van der Waals surface area contributed by atoms with Crippen LogP contribution in [-0.4, -0.2) is 47.8 Å². The Kier molecular flexibility index (Phi) is 7.22. The second-order valence-corrected chi connectivity index (χ2v) is 7.34. The molecule has 2 amide bonds. The van der Waals surface area contributed by atoms with E-state index in [1.54, 1.807) is 11.8 Å². The van der Waals surface area contributed by atoms with Crippen LogP contribution < -0.4 is 5.73 Å². The zero-order chi connectivity index (χ0) is 19.4. The van der Waals surface area contributed by atoms with E-state index in [0.717, 1.165) is 16.7 Å². The maximum atomic E-state index is 12.9. The number of nitrogens with zero attached hydrogens (tertiary/aromatic N) is 2. The first-order valence-corrected chi connectivity index (χ1v) is 9.35. The van der Waals surface area contributed by atoms with Crippen molar-refractivity contribution in [3.63, 3.8) is 0 Å². The number of carbonyl (C=O) groups is 2. The van der Waals surface area contributed by atoms with Crippen molar-refractivity contribution in [2.75, 3.05) is 26.2 Å². The molecule has 1 aliphatic rings. The van der Waals surface area contributed by atoms with E-state index in [9.17, 15) is 9.59 Å². The predicted octanol–water partition coefficient (Wildman–Crippen LogP) is 2.50. The monoisotopic (exact) mass is 401 g/mol. The van der Waals surface area contributed by atoms with Gasteiger partial charge in [-0.1, -0.05) is 54.6 Å². The summed E-state index contributed by atoms with van der Waals surface area (Å²) in [5.74, 6) is 0.00895. The summed E-state index contributed by atoms with van der Waals surface area (Å²) in [5, 5.41) is 0. The molecule has 5 nitrogen and oxygen atoms in total. The standard InChI is InChI=1S/C22H27N3O2.ClH/c1-17-8-6-7-9-18(17)16-20(26)24-12-14-25(15-13-24)21(27)22(2,23)19-10-4-3-5-11-19;/h3-11H,12-16,23H2,1-2H3;1H. The Morgan fingerprint density at radius 2 is 1.46 bits per heavy atom. The summed E-state index contributed by atoms with van der Waals surface area (Å²) in [4.78, 5) is 29.2. The number of benzene rings is 2. The third-order valence-electron chi connectivity index (χ3n) is 5.34. The Morgan fingerprint density at radius 3 is 2.07 bits per heavy atom. The number of piperazine rings is 1. The Hall–Kier alpha value is -2.37. The number of carbonyl (C=O) groups excluding carboxylic acids is 2. The minimum atomic E-state index is -1.06. The van der Waals surface area contributed by atoms with Crippen LogP contribution in [0.3, 0.4) is 0 Å². The number of amides is 2. The minimum Gasteiger partial charge on any atom is -0.339 e. The molecule has 0 radical (unpaired) electrons. The lowest BCUT2D eigenvalue weighted by atomic mass is 9.91. The number of nitrogens with two attached hydrogens (primary N) is 1. The molecule has 28 heavy (non-hydrogen) atoms. The summed E-state index contributed by atoms with van der Waals surface area (Å²) in [6.07, 6.45) is 0.402. The lowest BCUT2D eigenvalue weighted by Gasteiger charge is -2.38. The molecule has 1 atom stereocenters. The first-order chi connectivity index (χ1) is 12.9. The molecule has 2 N–H and O–H groups in total.